The van der Waals surface area contributed by atoms with Crippen molar-refractivity contribution in [3.05, 3.63) is 117 Å². The Bertz CT molecular complexity index is 1470. The second-order valence-corrected chi connectivity index (χ2v) is 10.9. The van der Waals surface area contributed by atoms with E-state index in [1.54, 1.807) is 12.1 Å². The van der Waals surface area contributed by atoms with Crippen LogP contribution in [-0.2, 0) is 12.8 Å². The largest absolute Gasteiger partial charge is 0.355 e. The number of rotatable bonds is 10. The van der Waals surface area contributed by atoms with Crippen LogP contribution in [0.2, 0.25) is 0 Å². The van der Waals surface area contributed by atoms with Crippen LogP contribution in [0.5, 0.6) is 0 Å². The van der Waals surface area contributed by atoms with E-state index in [2.05, 4.69) is 74.7 Å². The highest BCUT2D eigenvalue weighted by molar-refractivity contribution is 6.32. The van der Waals surface area contributed by atoms with Crippen molar-refractivity contribution in [2.24, 2.45) is 0 Å². The number of benzene rings is 4. The summed E-state index contributed by atoms with van der Waals surface area (Å²) in [7, 11) is 0. The molecule has 2 N–H and O–H groups in total. The molecule has 0 saturated heterocycles. The molecule has 0 aromatic heterocycles. The lowest BCUT2D eigenvalue weighted by molar-refractivity contribution is 0.0980. The molecule has 0 radical (unpaired) electrons. The first-order valence-corrected chi connectivity index (χ1v) is 15.5. The molecule has 0 atom stereocenters. The summed E-state index contributed by atoms with van der Waals surface area (Å²) in [5, 5.41) is 6.99. The van der Waals surface area contributed by atoms with Crippen molar-refractivity contribution in [1.29, 1.82) is 0 Å². The highest BCUT2D eigenvalue weighted by atomic mass is 16.1. The fourth-order valence-electron chi connectivity index (χ4n) is 5.42. The van der Waals surface area contributed by atoms with Gasteiger partial charge in [0.2, 0.25) is 0 Å². The Morgan fingerprint density at radius 1 is 0.548 bits per heavy atom. The van der Waals surface area contributed by atoms with Crippen molar-refractivity contribution in [2.75, 3.05) is 10.6 Å². The molecule has 5 rings (SSSR count). The molecule has 0 saturated carbocycles. The number of carbonyl (C=O) groups is 2. The van der Waals surface area contributed by atoms with Crippen LogP contribution < -0.4 is 10.6 Å². The topological polar surface area (TPSA) is 58.2 Å². The predicted octanol–water partition coefficient (Wildman–Crippen LogP) is 10.3. The molecule has 218 valence electrons. The van der Waals surface area contributed by atoms with Crippen LogP contribution in [0.25, 0.3) is 0 Å². The Labute approximate surface area is 251 Å². The van der Waals surface area contributed by atoms with E-state index in [-0.39, 0.29) is 11.6 Å². The van der Waals surface area contributed by atoms with Gasteiger partial charge in [-0.05, 0) is 86.1 Å². The maximum Gasteiger partial charge on any atom is 0.196 e. The smallest absolute Gasteiger partial charge is 0.196 e. The van der Waals surface area contributed by atoms with Gasteiger partial charge in [0.25, 0.3) is 0 Å². The van der Waals surface area contributed by atoms with E-state index in [9.17, 15) is 9.59 Å². The summed E-state index contributed by atoms with van der Waals surface area (Å²) in [6.07, 6.45) is 6.57. The summed E-state index contributed by atoms with van der Waals surface area (Å²) in [6, 6.07) is 23.9. The Kier molecular flexibility index (Phi) is 10.4. The first kappa shape index (κ1) is 30.8. The van der Waals surface area contributed by atoms with Crippen LogP contribution in [-0.4, -0.2) is 11.6 Å². The SMILES string of the molecule is CC.CCCCc1ccc(C)c(Nc2cccc3c2C(=O)c2cccc(Nc4cc(CCCC)ccc4C)c2C3=O)c1. The number of aryl methyl sites for hydroxylation is 4. The zero-order valence-corrected chi connectivity index (χ0v) is 26.0. The van der Waals surface area contributed by atoms with Crippen molar-refractivity contribution in [2.45, 2.75) is 80.1 Å². The highest BCUT2D eigenvalue weighted by Crippen LogP contribution is 2.38. The molecule has 1 aliphatic carbocycles. The molecule has 0 fully saturated rings. The first-order chi connectivity index (χ1) is 20.4. The molecule has 42 heavy (non-hydrogen) atoms. The summed E-state index contributed by atoms with van der Waals surface area (Å²) >= 11 is 0. The second-order valence-electron chi connectivity index (χ2n) is 10.9. The van der Waals surface area contributed by atoms with Gasteiger partial charge in [0, 0.05) is 22.5 Å². The Morgan fingerprint density at radius 3 is 1.33 bits per heavy atom. The van der Waals surface area contributed by atoms with E-state index in [1.807, 2.05) is 38.1 Å². The van der Waals surface area contributed by atoms with Gasteiger partial charge in [-0.25, -0.2) is 0 Å². The minimum absolute atomic E-state index is 0.135. The molecule has 4 aromatic rings. The van der Waals surface area contributed by atoms with Gasteiger partial charge in [-0.15, -0.1) is 0 Å². The van der Waals surface area contributed by atoms with Gasteiger partial charge in [-0.1, -0.05) is 89.1 Å². The van der Waals surface area contributed by atoms with Crippen molar-refractivity contribution >= 4 is 34.3 Å². The second kappa shape index (κ2) is 14.1. The lowest BCUT2D eigenvalue weighted by Crippen LogP contribution is -2.23. The third-order valence-corrected chi connectivity index (χ3v) is 7.85. The number of unbranched alkanes of at least 4 members (excludes halogenated alkanes) is 2. The third-order valence-electron chi connectivity index (χ3n) is 7.85. The molecule has 0 heterocycles. The first-order valence-electron chi connectivity index (χ1n) is 15.5. The maximum absolute atomic E-state index is 14.0. The van der Waals surface area contributed by atoms with E-state index in [4.69, 9.17) is 0 Å². The lowest BCUT2D eigenvalue weighted by Gasteiger charge is -2.24. The van der Waals surface area contributed by atoms with Gasteiger partial charge in [-0.3, -0.25) is 9.59 Å². The van der Waals surface area contributed by atoms with Crippen LogP contribution in [0.1, 0.15) is 107 Å². The van der Waals surface area contributed by atoms with Crippen molar-refractivity contribution in [1.82, 2.24) is 0 Å². The maximum atomic E-state index is 14.0. The fourth-order valence-corrected chi connectivity index (χ4v) is 5.42. The quantitative estimate of drug-likeness (QED) is 0.178. The number of hydrogen-bond donors (Lipinski definition) is 2. The van der Waals surface area contributed by atoms with E-state index in [0.717, 1.165) is 61.0 Å². The van der Waals surface area contributed by atoms with Gasteiger partial charge in [0.05, 0.1) is 22.5 Å². The van der Waals surface area contributed by atoms with E-state index in [1.165, 1.54) is 11.1 Å². The van der Waals surface area contributed by atoms with Crippen LogP contribution in [0.4, 0.5) is 22.7 Å². The Morgan fingerprint density at radius 2 is 0.952 bits per heavy atom. The summed E-state index contributed by atoms with van der Waals surface area (Å²) in [5.74, 6) is -0.269. The van der Waals surface area contributed by atoms with Gasteiger partial charge in [0.1, 0.15) is 0 Å². The molecular weight excluding hydrogens is 516 g/mol. The Balaban J connectivity index is 0.00000198. The number of hydrogen-bond acceptors (Lipinski definition) is 4. The summed E-state index contributed by atoms with van der Waals surface area (Å²) < 4.78 is 0. The van der Waals surface area contributed by atoms with Crippen LogP contribution in [0.15, 0.2) is 72.8 Å². The van der Waals surface area contributed by atoms with Crippen LogP contribution in [0.3, 0.4) is 0 Å². The standard InChI is InChI=1S/C36H38N2O2.C2H6/c1-5-7-11-25-19-17-23(3)31(21-25)37-29-15-9-13-27-33(29)35(39)28-14-10-16-30(34(28)36(27)40)38-32-22-26(12-8-6-2)20-18-24(32)4;1-2/h9-10,13-22,37-38H,5-8,11-12H2,1-4H3;1-2H3. The van der Waals surface area contributed by atoms with Crippen LogP contribution in [0, 0.1) is 13.8 Å². The molecule has 1 aliphatic rings. The van der Waals surface area contributed by atoms with Gasteiger partial charge in [0.15, 0.2) is 11.6 Å². The number of nitrogens with one attached hydrogen (secondary N) is 2. The summed E-state index contributed by atoms with van der Waals surface area (Å²) in [5.41, 5.74) is 9.70. The molecule has 4 aromatic carbocycles. The predicted molar refractivity (Wildman–Crippen MR) is 177 cm³/mol. The van der Waals surface area contributed by atoms with Crippen molar-refractivity contribution in [3.63, 3.8) is 0 Å². The van der Waals surface area contributed by atoms with E-state index >= 15 is 0 Å². The Hall–Kier alpha value is -4.18. The van der Waals surface area contributed by atoms with Crippen molar-refractivity contribution in [3.8, 4) is 0 Å². The average Bonchev–Trinajstić information content (AvgIpc) is 3.01. The summed E-state index contributed by atoms with van der Waals surface area (Å²) in [6.45, 7) is 12.5. The van der Waals surface area contributed by atoms with Gasteiger partial charge in [-0.2, -0.15) is 0 Å². The average molecular weight is 561 g/mol. The minimum Gasteiger partial charge on any atom is -0.355 e. The molecule has 0 bridgehead atoms. The molecule has 0 unspecified atom stereocenters. The lowest BCUT2D eigenvalue weighted by atomic mass is 9.82. The molecule has 0 aliphatic heterocycles. The number of carbonyl (C=O) groups excluding carboxylic acids is 2. The van der Waals surface area contributed by atoms with Crippen LogP contribution >= 0.6 is 0 Å². The highest BCUT2D eigenvalue weighted by Gasteiger charge is 2.33. The molecule has 0 amide bonds. The normalized spacial score (nSPS) is 11.8. The van der Waals surface area contributed by atoms with Gasteiger partial charge >= 0.3 is 0 Å². The van der Waals surface area contributed by atoms with E-state index < -0.39 is 0 Å². The number of ketones is 2. The zero-order valence-electron chi connectivity index (χ0n) is 26.0. The zero-order chi connectivity index (χ0) is 30.2. The molecule has 4 heteroatoms. The molecular formula is C38H44N2O2. The monoisotopic (exact) mass is 560 g/mol. The van der Waals surface area contributed by atoms with Gasteiger partial charge < -0.3 is 10.6 Å². The summed E-state index contributed by atoms with van der Waals surface area (Å²) in [4.78, 5) is 28.0. The number of fused-ring (bicyclic) bond motifs is 2. The molecule has 4 nitrogen and oxygen atoms in total. The van der Waals surface area contributed by atoms with E-state index in [0.29, 0.717) is 33.6 Å². The molecule has 0 spiro atoms. The minimum atomic E-state index is -0.135. The van der Waals surface area contributed by atoms with Crippen molar-refractivity contribution < 1.29 is 9.59 Å². The fraction of sp³-hybridized carbons (Fsp3) is 0.316. The number of anilines is 4. The third kappa shape index (κ3) is 6.49.